The number of hydrogen-bond donors (Lipinski definition) is 2. The monoisotopic (exact) mass is 238 g/mol. The van der Waals surface area contributed by atoms with Gasteiger partial charge in [-0.15, -0.1) is 0 Å². The summed E-state index contributed by atoms with van der Waals surface area (Å²) in [5.41, 5.74) is 1.05. The molecule has 2 N–H and O–H groups in total. The minimum Gasteiger partial charge on any atom is -0.380 e. The Balaban J connectivity index is 2.53. The van der Waals surface area contributed by atoms with Gasteiger partial charge in [-0.1, -0.05) is 6.92 Å². The van der Waals surface area contributed by atoms with Gasteiger partial charge in [0.1, 0.15) is 18.0 Å². The van der Waals surface area contributed by atoms with Crippen molar-refractivity contribution in [1.82, 2.24) is 9.97 Å². The maximum absolute atomic E-state index is 5.27. The molecule has 0 saturated heterocycles. The highest BCUT2D eigenvalue weighted by atomic mass is 16.5. The van der Waals surface area contributed by atoms with Crippen LogP contribution in [0.4, 0.5) is 11.6 Å². The van der Waals surface area contributed by atoms with Crippen molar-refractivity contribution < 1.29 is 4.74 Å². The highest BCUT2D eigenvalue weighted by Gasteiger charge is 2.05. The van der Waals surface area contributed by atoms with Gasteiger partial charge in [-0.3, -0.25) is 0 Å². The molecule has 5 nitrogen and oxygen atoms in total. The Morgan fingerprint density at radius 2 is 1.76 bits per heavy atom. The van der Waals surface area contributed by atoms with Crippen LogP contribution in [0.5, 0.6) is 0 Å². The van der Waals surface area contributed by atoms with E-state index >= 15 is 0 Å². The van der Waals surface area contributed by atoms with Gasteiger partial charge < -0.3 is 15.4 Å². The minimum atomic E-state index is 0.692. The van der Waals surface area contributed by atoms with Crippen LogP contribution in [0.1, 0.15) is 25.8 Å². The van der Waals surface area contributed by atoms with Gasteiger partial charge in [0.15, 0.2) is 0 Å². The number of hydrogen-bond acceptors (Lipinski definition) is 5. The number of ether oxygens (including phenoxy) is 1. The molecule has 0 aromatic carbocycles. The predicted octanol–water partition coefficient (Wildman–Crippen LogP) is 2.06. The molecule has 0 fully saturated rings. The van der Waals surface area contributed by atoms with Crippen molar-refractivity contribution in [3.63, 3.8) is 0 Å². The van der Waals surface area contributed by atoms with Crippen molar-refractivity contribution in [2.24, 2.45) is 0 Å². The van der Waals surface area contributed by atoms with Crippen LogP contribution in [-0.4, -0.2) is 36.3 Å². The lowest BCUT2D eigenvalue weighted by Gasteiger charge is -2.12. The van der Waals surface area contributed by atoms with Crippen LogP contribution in [0.3, 0.4) is 0 Å². The van der Waals surface area contributed by atoms with Crippen molar-refractivity contribution in [1.29, 1.82) is 0 Å². The van der Waals surface area contributed by atoms with Crippen molar-refractivity contribution in [2.45, 2.75) is 27.2 Å². The fourth-order valence-electron chi connectivity index (χ4n) is 1.44. The standard InChI is InChI=1S/C12H22N4O/c1-4-6-13-11-10(3)12(16-9-15-11)14-7-8-17-5-2/h9H,4-8H2,1-3H3,(H2,13,14,15,16). The molecule has 96 valence electrons. The first-order chi connectivity index (χ1) is 8.29. The van der Waals surface area contributed by atoms with Crippen molar-refractivity contribution >= 4 is 11.6 Å². The van der Waals surface area contributed by atoms with Crippen LogP contribution in [0.25, 0.3) is 0 Å². The average molecular weight is 238 g/mol. The maximum atomic E-state index is 5.27. The summed E-state index contributed by atoms with van der Waals surface area (Å²) >= 11 is 0. The van der Waals surface area contributed by atoms with Gasteiger partial charge >= 0.3 is 0 Å². The fourth-order valence-corrected chi connectivity index (χ4v) is 1.44. The van der Waals surface area contributed by atoms with Crippen molar-refractivity contribution in [3.05, 3.63) is 11.9 Å². The molecule has 0 saturated carbocycles. The number of nitrogens with one attached hydrogen (secondary N) is 2. The Kier molecular flexibility index (Phi) is 6.32. The zero-order chi connectivity index (χ0) is 12.5. The summed E-state index contributed by atoms with van der Waals surface area (Å²) in [6.07, 6.45) is 2.66. The minimum absolute atomic E-state index is 0.692. The Morgan fingerprint density at radius 3 is 2.35 bits per heavy atom. The second kappa shape index (κ2) is 7.84. The van der Waals surface area contributed by atoms with Crippen LogP contribution in [0, 0.1) is 6.92 Å². The maximum Gasteiger partial charge on any atom is 0.134 e. The lowest BCUT2D eigenvalue weighted by molar-refractivity contribution is 0.158. The van der Waals surface area contributed by atoms with E-state index < -0.39 is 0 Å². The molecule has 0 bridgehead atoms. The molecule has 0 aliphatic rings. The first kappa shape index (κ1) is 13.7. The average Bonchev–Trinajstić information content (AvgIpc) is 2.35. The van der Waals surface area contributed by atoms with E-state index in [4.69, 9.17) is 4.74 Å². The normalized spacial score (nSPS) is 10.3. The van der Waals surface area contributed by atoms with E-state index in [1.807, 2.05) is 13.8 Å². The molecule has 0 unspecified atom stereocenters. The summed E-state index contributed by atoms with van der Waals surface area (Å²) in [6, 6.07) is 0. The molecule has 0 aliphatic carbocycles. The Labute approximate surface area is 103 Å². The van der Waals surface area contributed by atoms with E-state index in [1.54, 1.807) is 6.33 Å². The molecule has 1 aromatic rings. The summed E-state index contributed by atoms with van der Waals surface area (Å²) in [6.45, 7) is 9.26. The number of rotatable bonds is 8. The summed E-state index contributed by atoms with van der Waals surface area (Å²) in [7, 11) is 0. The van der Waals surface area contributed by atoms with Gasteiger partial charge in [0.2, 0.25) is 0 Å². The first-order valence-corrected chi connectivity index (χ1v) is 6.16. The molecular formula is C12H22N4O. The lowest BCUT2D eigenvalue weighted by atomic mass is 10.3. The molecule has 17 heavy (non-hydrogen) atoms. The highest BCUT2D eigenvalue weighted by Crippen LogP contribution is 2.17. The third-order valence-corrected chi connectivity index (χ3v) is 2.37. The van der Waals surface area contributed by atoms with Crippen LogP contribution in [0.15, 0.2) is 6.33 Å². The van der Waals surface area contributed by atoms with E-state index in [-0.39, 0.29) is 0 Å². The van der Waals surface area contributed by atoms with Gasteiger partial charge in [0.25, 0.3) is 0 Å². The molecule has 0 amide bonds. The Morgan fingerprint density at radius 1 is 1.12 bits per heavy atom. The third-order valence-electron chi connectivity index (χ3n) is 2.37. The van der Waals surface area contributed by atoms with E-state index in [1.165, 1.54) is 0 Å². The predicted molar refractivity (Wildman–Crippen MR) is 70.5 cm³/mol. The highest BCUT2D eigenvalue weighted by molar-refractivity contribution is 5.56. The van der Waals surface area contributed by atoms with Crippen LogP contribution < -0.4 is 10.6 Å². The molecule has 0 radical (unpaired) electrons. The van der Waals surface area contributed by atoms with E-state index in [9.17, 15) is 0 Å². The summed E-state index contributed by atoms with van der Waals surface area (Å²) < 4.78 is 5.27. The van der Waals surface area contributed by atoms with E-state index in [0.29, 0.717) is 6.61 Å². The summed E-state index contributed by atoms with van der Waals surface area (Å²) in [4.78, 5) is 8.45. The number of anilines is 2. The van der Waals surface area contributed by atoms with Crippen LogP contribution >= 0.6 is 0 Å². The molecule has 5 heteroatoms. The van der Waals surface area contributed by atoms with E-state index in [0.717, 1.165) is 43.3 Å². The zero-order valence-corrected chi connectivity index (χ0v) is 10.9. The molecular weight excluding hydrogens is 216 g/mol. The molecule has 1 rings (SSSR count). The first-order valence-electron chi connectivity index (χ1n) is 6.16. The second-order valence-corrected chi connectivity index (χ2v) is 3.75. The fraction of sp³-hybridized carbons (Fsp3) is 0.667. The second-order valence-electron chi connectivity index (χ2n) is 3.75. The molecule has 0 spiro atoms. The quantitative estimate of drug-likeness (QED) is 0.679. The molecule has 0 aliphatic heterocycles. The summed E-state index contributed by atoms with van der Waals surface area (Å²) in [5.74, 6) is 1.78. The molecule has 1 heterocycles. The van der Waals surface area contributed by atoms with E-state index in [2.05, 4.69) is 27.5 Å². The lowest BCUT2D eigenvalue weighted by Crippen LogP contribution is -2.13. The third kappa shape index (κ3) is 4.56. The smallest absolute Gasteiger partial charge is 0.134 e. The van der Waals surface area contributed by atoms with Gasteiger partial charge in [0, 0.05) is 25.3 Å². The van der Waals surface area contributed by atoms with Gasteiger partial charge in [-0.05, 0) is 20.3 Å². The SMILES string of the molecule is CCCNc1ncnc(NCCOCC)c1C. The van der Waals surface area contributed by atoms with Gasteiger partial charge in [0.05, 0.1) is 6.61 Å². The number of aromatic nitrogens is 2. The molecule has 1 aromatic heterocycles. The van der Waals surface area contributed by atoms with Gasteiger partial charge in [-0.25, -0.2) is 9.97 Å². The Hall–Kier alpha value is -1.36. The van der Waals surface area contributed by atoms with Gasteiger partial charge in [-0.2, -0.15) is 0 Å². The van der Waals surface area contributed by atoms with Crippen molar-refractivity contribution in [2.75, 3.05) is 36.9 Å². The van der Waals surface area contributed by atoms with Crippen molar-refractivity contribution in [3.8, 4) is 0 Å². The Bertz CT molecular complexity index is 330. The summed E-state index contributed by atoms with van der Waals surface area (Å²) in [5, 5.41) is 6.53. The largest absolute Gasteiger partial charge is 0.380 e. The van der Waals surface area contributed by atoms with Crippen LogP contribution in [0.2, 0.25) is 0 Å². The van der Waals surface area contributed by atoms with Crippen LogP contribution in [-0.2, 0) is 4.74 Å². The number of nitrogens with zero attached hydrogens (tertiary/aromatic N) is 2. The molecule has 0 atom stereocenters. The topological polar surface area (TPSA) is 59.1 Å². The zero-order valence-electron chi connectivity index (χ0n) is 10.9.